The molecule has 0 saturated heterocycles. The number of hydrogen-bond donors (Lipinski definition) is 1. The molecule has 0 aliphatic rings. The summed E-state index contributed by atoms with van der Waals surface area (Å²) in [4.78, 5) is 12.1. The van der Waals surface area contributed by atoms with Crippen molar-refractivity contribution in [2.45, 2.75) is 4.34 Å². The number of carbonyl (C=O) groups is 1. The van der Waals surface area contributed by atoms with Crippen molar-refractivity contribution in [3.05, 3.63) is 59.9 Å². The van der Waals surface area contributed by atoms with Crippen molar-refractivity contribution < 1.29 is 13.9 Å². The standard InChI is InChI=1S/C17H14FN3O2S2/c1-23-14-8-6-13(7-9-14)19-16-20-21-17(25-16)24-10-15(22)11-2-4-12(18)5-3-11/h2-9H,10H2,1H3,(H,19,20). The van der Waals surface area contributed by atoms with E-state index in [2.05, 4.69) is 15.5 Å². The van der Waals surface area contributed by atoms with E-state index >= 15 is 0 Å². The fraction of sp³-hybridized carbons (Fsp3) is 0.118. The highest BCUT2D eigenvalue weighted by molar-refractivity contribution is 8.01. The van der Waals surface area contributed by atoms with E-state index in [1.807, 2.05) is 24.3 Å². The van der Waals surface area contributed by atoms with Gasteiger partial charge in [0.1, 0.15) is 11.6 Å². The number of Topliss-reactive ketones (excluding diaryl/α,β-unsaturated/α-hetero) is 1. The first-order chi connectivity index (χ1) is 12.1. The Morgan fingerprint density at radius 3 is 2.56 bits per heavy atom. The zero-order valence-electron chi connectivity index (χ0n) is 13.2. The quantitative estimate of drug-likeness (QED) is 0.488. The molecule has 0 bridgehead atoms. The van der Waals surface area contributed by atoms with Gasteiger partial charge in [0.05, 0.1) is 12.9 Å². The highest BCUT2D eigenvalue weighted by Gasteiger charge is 2.10. The second kappa shape index (κ2) is 8.09. The maximum atomic E-state index is 12.9. The second-order valence-electron chi connectivity index (χ2n) is 4.95. The molecule has 1 aromatic heterocycles. The molecule has 0 atom stereocenters. The summed E-state index contributed by atoms with van der Waals surface area (Å²) >= 11 is 2.67. The SMILES string of the molecule is COc1ccc(Nc2nnc(SCC(=O)c3ccc(F)cc3)s2)cc1. The van der Waals surface area contributed by atoms with Crippen LogP contribution in [0.2, 0.25) is 0 Å². The van der Waals surface area contributed by atoms with Crippen molar-refractivity contribution in [2.75, 3.05) is 18.2 Å². The number of rotatable bonds is 7. The number of ether oxygens (including phenoxy) is 1. The van der Waals surface area contributed by atoms with E-state index < -0.39 is 0 Å². The molecule has 0 amide bonds. The number of nitrogens with zero attached hydrogens (tertiary/aromatic N) is 2. The summed E-state index contributed by atoms with van der Waals surface area (Å²) in [5.41, 5.74) is 1.35. The molecule has 3 aromatic rings. The van der Waals surface area contributed by atoms with Gasteiger partial charge < -0.3 is 10.1 Å². The second-order valence-corrected chi connectivity index (χ2v) is 7.15. The van der Waals surface area contributed by atoms with E-state index in [1.54, 1.807) is 7.11 Å². The van der Waals surface area contributed by atoms with Crippen molar-refractivity contribution in [1.82, 2.24) is 10.2 Å². The van der Waals surface area contributed by atoms with Gasteiger partial charge in [-0.3, -0.25) is 4.79 Å². The lowest BCUT2D eigenvalue weighted by Gasteiger charge is -2.03. The summed E-state index contributed by atoms with van der Waals surface area (Å²) in [5, 5.41) is 11.9. The fourth-order valence-electron chi connectivity index (χ4n) is 1.96. The third-order valence-electron chi connectivity index (χ3n) is 3.24. The summed E-state index contributed by atoms with van der Waals surface area (Å²) in [5.74, 6) is 0.564. The van der Waals surface area contributed by atoms with E-state index in [-0.39, 0.29) is 17.4 Å². The van der Waals surface area contributed by atoms with Gasteiger partial charge in [-0.2, -0.15) is 0 Å². The first-order valence-corrected chi connectivity index (χ1v) is 9.10. The number of anilines is 2. The number of methoxy groups -OCH3 is 1. The third-order valence-corrected chi connectivity index (χ3v) is 5.21. The molecule has 3 rings (SSSR count). The van der Waals surface area contributed by atoms with E-state index in [1.165, 1.54) is 47.4 Å². The molecule has 0 unspecified atom stereocenters. The third kappa shape index (κ3) is 4.77. The van der Waals surface area contributed by atoms with Crippen LogP contribution in [0.1, 0.15) is 10.4 Å². The molecule has 5 nitrogen and oxygen atoms in total. The van der Waals surface area contributed by atoms with Crippen LogP contribution in [0.4, 0.5) is 15.2 Å². The predicted octanol–water partition coefficient (Wildman–Crippen LogP) is 4.40. The molecular formula is C17H14FN3O2S2. The molecule has 1 N–H and O–H groups in total. The molecule has 0 spiro atoms. The van der Waals surface area contributed by atoms with Gasteiger partial charge in [-0.1, -0.05) is 23.1 Å². The highest BCUT2D eigenvalue weighted by Crippen LogP contribution is 2.28. The number of benzene rings is 2. The van der Waals surface area contributed by atoms with Crippen molar-refractivity contribution in [3.63, 3.8) is 0 Å². The first kappa shape index (κ1) is 17.4. The van der Waals surface area contributed by atoms with Gasteiger partial charge in [0, 0.05) is 11.3 Å². The minimum atomic E-state index is -0.359. The number of aromatic nitrogens is 2. The normalized spacial score (nSPS) is 10.5. The Hall–Kier alpha value is -2.45. The first-order valence-electron chi connectivity index (χ1n) is 7.30. The molecule has 8 heteroatoms. The molecular weight excluding hydrogens is 361 g/mol. The highest BCUT2D eigenvalue weighted by atomic mass is 32.2. The van der Waals surface area contributed by atoms with Crippen molar-refractivity contribution in [3.8, 4) is 5.75 Å². The molecule has 0 radical (unpaired) electrons. The summed E-state index contributed by atoms with van der Waals surface area (Å²) < 4.78 is 18.7. The minimum absolute atomic E-state index is 0.0788. The Morgan fingerprint density at radius 2 is 1.88 bits per heavy atom. The van der Waals surface area contributed by atoms with Crippen molar-refractivity contribution in [1.29, 1.82) is 0 Å². The number of carbonyl (C=O) groups excluding carboxylic acids is 1. The number of thioether (sulfide) groups is 1. The number of halogens is 1. The molecule has 2 aromatic carbocycles. The number of hydrogen-bond acceptors (Lipinski definition) is 7. The van der Waals surface area contributed by atoms with Gasteiger partial charge in [-0.05, 0) is 48.5 Å². The van der Waals surface area contributed by atoms with E-state index in [4.69, 9.17) is 4.74 Å². The smallest absolute Gasteiger partial charge is 0.210 e. The summed E-state index contributed by atoms with van der Waals surface area (Å²) in [7, 11) is 1.61. The molecule has 128 valence electrons. The van der Waals surface area contributed by atoms with Crippen LogP contribution in [0.5, 0.6) is 5.75 Å². The Balaban J connectivity index is 1.56. The van der Waals surface area contributed by atoms with Gasteiger partial charge in [-0.15, -0.1) is 10.2 Å². The van der Waals surface area contributed by atoms with Gasteiger partial charge >= 0.3 is 0 Å². The Labute approximate surface area is 152 Å². The van der Waals surface area contributed by atoms with Gasteiger partial charge in [0.25, 0.3) is 0 Å². The number of ketones is 1. The van der Waals surface area contributed by atoms with Crippen molar-refractivity contribution >= 4 is 39.7 Å². The maximum absolute atomic E-state index is 12.9. The summed E-state index contributed by atoms with van der Waals surface area (Å²) in [6.45, 7) is 0. The topological polar surface area (TPSA) is 64.1 Å². The maximum Gasteiger partial charge on any atom is 0.210 e. The van der Waals surface area contributed by atoms with Gasteiger partial charge in [-0.25, -0.2) is 4.39 Å². The largest absolute Gasteiger partial charge is 0.497 e. The van der Waals surface area contributed by atoms with Crippen LogP contribution in [-0.4, -0.2) is 28.8 Å². The Morgan fingerprint density at radius 1 is 1.16 bits per heavy atom. The fourth-order valence-corrected chi connectivity index (χ4v) is 3.63. The van der Waals surface area contributed by atoms with E-state index in [0.29, 0.717) is 15.0 Å². The monoisotopic (exact) mass is 375 g/mol. The average Bonchev–Trinajstić information content (AvgIpc) is 3.08. The zero-order valence-corrected chi connectivity index (χ0v) is 14.9. The minimum Gasteiger partial charge on any atom is -0.497 e. The lowest BCUT2D eigenvalue weighted by molar-refractivity contribution is 0.102. The molecule has 1 heterocycles. The zero-order chi connectivity index (χ0) is 17.6. The lowest BCUT2D eigenvalue weighted by Crippen LogP contribution is -2.01. The van der Waals surface area contributed by atoms with Crippen LogP contribution in [-0.2, 0) is 0 Å². The lowest BCUT2D eigenvalue weighted by atomic mass is 10.1. The molecule has 0 saturated carbocycles. The van der Waals surface area contributed by atoms with E-state index in [9.17, 15) is 9.18 Å². The van der Waals surface area contributed by atoms with Crippen LogP contribution < -0.4 is 10.1 Å². The molecule has 0 fully saturated rings. The summed E-state index contributed by atoms with van der Waals surface area (Å²) in [6.07, 6.45) is 0. The average molecular weight is 375 g/mol. The summed E-state index contributed by atoms with van der Waals surface area (Å²) in [6, 6.07) is 13.0. The Bertz CT molecular complexity index is 851. The van der Waals surface area contributed by atoms with Gasteiger partial charge in [0.15, 0.2) is 10.1 Å². The van der Waals surface area contributed by atoms with E-state index in [0.717, 1.165) is 11.4 Å². The number of nitrogens with one attached hydrogen (secondary N) is 1. The van der Waals surface area contributed by atoms with Gasteiger partial charge in [0.2, 0.25) is 5.13 Å². The van der Waals surface area contributed by atoms with Crippen LogP contribution in [0.25, 0.3) is 0 Å². The van der Waals surface area contributed by atoms with Crippen molar-refractivity contribution in [2.24, 2.45) is 0 Å². The molecule has 0 aliphatic heterocycles. The van der Waals surface area contributed by atoms with Crippen LogP contribution in [0, 0.1) is 5.82 Å². The predicted molar refractivity (Wildman–Crippen MR) is 97.6 cm³/mol. The van der Waals surface area contributed by atoms with Crippen LogP contribution in [0.15, 0.2) is 52.9 Å². The van der Waals surface area contributed by atoms with Crippen LogP contribution >= 0.6 is 23.1 Å². The molecule has 0 aliphatic carbocycles. The Kier molecular flexibility index (Phi) is 5.62. The molecule has 25 heavy (non-hydrogen) atoms. The van der Waals surface area contributed by atoms with Crippen LogP contribution in [0.3, 0.4) is 0 Å².